The van der Waals surface area contributed by atoms with Gasteiger partial charge < -0.3 is 5.73 Å². The lowest BCUT2D eigenvalue weighted by Gasteiger charge is -2.03. The lowest BCUT2D eigenvalue weighted by atomic mass is 10.0. The Balaban J connectivity index is 2.01. The third-order valence-electron chi connectivity index (χ3n) is 3.03. The van der Waals surface area contributed by atoms with Gasteiger partial charge in [-0.05, 0) is 35.7 Å². The zero-order chi connectivity index (χ0) is 12.6. The first kappa shape index (κ1) is 12.7. The largest absolute Gasteiger partial charge is 0.330 e. The van der Waals surface area contributed by atoms with E-state index in [2.05, 4.69) is 54.3 Å². The average Bonchev–Trinajstić information content (AvgIpc) is 2.43. The Kier molecular flexibility index (Phi) is 4.81. The molecule has 1 nitrogen and oxygen atoms in total. The van der Waals surface area contributed by atoms with Crippen LogP contribution in [-0.4, -0.2) is 6.54 Å². The molecule has 18 heavy (non-hydrogen) atoms. The fraction of sp³-hybridized carbons (Fsp3) is 0.294. The second-order valence-electron chi connectivity index (χ2n) is 4.38. The number of unbranched alkanes of at least 4 members (excludes halogenated alkanes) is 1. The Labute approximate surface area is 109 Å². The van der Waals surface area contributed by atoms with Gasteiger partial charge in [0.2, 0.25) is 0 Å². The topological polar surface area (TPSA) is 26.0 Å². The normalized spacial score (nSPS) is 10.1. The van der Waals surface area contributed by atoms with Crippen molar-refractivity contribution in [3.8, 4) is 11.8 Å². The summed E-state index contributed by atoms with van der Waals surface area (Å²) in [5.74, 6) is 6.40. The van der Waals surface area contributed by atoms with Crippen LogP contribution in [0.2, 0.25) is 0 Å². The highest BCUT2D eigenvalue weighted by Gasteiger charge is 1.98. The highest BCUT2D eigenvalue weighted by Crippen LogP contribution is 2.19. The van der Waals surface area contributed by atoms with E-state index in [9.17, 15) is 0 Å². The molecular weight excluding hydrogens is 218 g/mol. The Morgan fingerprint density at radius 1 is 0.889 bits per heavy atom. The maximum atomic E-state index is 5.43. The average molecular weight is 237 g/mol. The van der Waals surface area contributed by atoms with Crippen LogP contribution >= 0.6 is 0 Å². The molecular formula is C17H19N. The summed E-state index contributed by atoms with van der Waals surface area (Å²) >= 11 is 0. The molecule has 2 N–H and O–H groups in total. The molecule has 0 unspecified atom stereocenters. The van der Waals surface area contributed by atoms with Crippen LogP contribution in [0, 0.1) is 11.8 Å². The number of nitrogens with two attached hydrogens (primary N) is 1. The van der Waals surface area contributed by atoms with Crippen LogP contribution in [0.25, 0.3) is 10.8 Å². The molecule has 2 rings (SSSR count). The van der Waals surface area contributed by atoms with E-state index in [1.54, 1.807) is 0 Å². The second-order valence-corrected chi connectivity index (χ2v) is 4.38. The van der Waals surface area contributed by atoms with Gasteiger partial charge in [0.15, 0.2) is 0 Å². The molecule has 0 spiro atoms. The van der Waals surface area contributed by atoms with E-state index in [0.717, 1.165) is 32.2 Å². The van der Waals surface area contributed by atoms with Crippen molar-refractivity contribution in [1.29, 1.82) is 0 Å². The summed E-state index contributed by atoms with van der Waals surface area (Å²) in [6.07, 6.45) is 3.88. The molecule has 0 atom stereocenters. The van der Waals surface area contributed by atoms with Crippen molar-refractivity contribution in [2.75, 3.05) is 6.54 Å². The fourth-order valence-corrected chi connectivity index (χ4v) is 2.07. The third kappa shape index (κ3) is 3.35. The maximum absolute atomic E-state index is 5.43. The molecule has 0 fully saturated rings. The molecule has 0 aromatic heterocycles. The Morgan fingerprint density at radius 2 is 1.67 bits per heavy atom. The van der Waals surface area contributed by atoms with Crippen LogP contribution in [0.15, 0.2) is 42.5 Å². The Morgan fingerprint density at radius 3 is 2.56 bits per heavy atom. The summed E-state index contributed by atoms with van der Waals surface area (Å²) in [7, 11) is 0. The molecule has 1 heteroatoms. The molecule has 0 bridgehead atoms. The first-order chi connectivity index (χ1) is 8.92. The van der Waals surface area contributed by atoms with E-state index >= 15 is 0 Å². The van der Waals surface area contributed by atoms with E-state index in [4.69, 9.17) is 5.73 Å². The lowest BCUT2D eigenvalue weighted by molar-refractivity contribution is 0.868. The summed E-state index contributed by atoms with van der Waals surface area (Å²) in [4.78, 5) is 0. The predicted octanol–water partition coefficient (Wildman–Crippen LogP) is 3.51. The van der Waals surface area contributed by atoms with Gasteiger partial charge in [0.25, 0.3) is 0 Å². The number of hydrogen-bond donors (Lipinski definition) is 1. The molecule has 0 amide bonds. The van der Waals surface area contributed by atoms with Crippen molar-refractivity contribution in [3.05, 3.63) is 48.0 Å². The molecule has 0 heterocycles. The van der Waals surface area contributed by atoms with Crippen molar-refractivity contribution in [3.63, 3.8) is 0 Å². The van der Waals surface area contributed by atoms with Crippen LogP contribution in [0.5, 0.6) is 0 Å². The van der Waals surface area contributed by atoms with Gasteiger partial charge >= 0.3 is 0 Å². The summed E-state index contributed by atoms with van der Waals surface area (Å²) < 4.78 is 0. The van der Waals surface area contributed by atoms with E-state index in [-0.39, 0.29) is 0 Å². The van der Waals surface area contributed by atoms with E-state index in [1.807, 2.05) is 0 Å². The van der Waals surface area contributed by atoms with Crippen molar-refractivity contribution >= 4 is 10.8 Å². The molecule has 0 aliphatic carbocycles. The summed E-state index contributed by atoms with van der Waals surface area (Å²) in [6, 6.07) is 15.0. The monoisotopic (exact) mass is 237 g/mol. The van der Waals surface area contributed by atoms with E-state index in [1.165, 1.54) is 16.3 Å². The second kappa shape index (κ2) is 6.83. The number of aryl methyl sites for hydroxylation is 1. The maximum Gasteiger partial charge on any atom is 0.0129 e. The molecule has 0 aliphatic heterocycles. The summed E-state index contributed by atoms with van der Waals surface area (Å²) in [5.41, 5.74) is 6.82. The SMILES string of the molecule is NCCCC#CCCc1cccc2ccccc12. The van der Waals surface area contributed by atoms with Crippen LogP contribution in [-0.2, 0) is 6.42 Å². The molecule has 2 aromatic carbocycles. The minimum Gasteiger partial charge on any atom is -0.330 e. The smallest absolute Gasteiger partial charge is 0.0129 e. The quantitative estimate of drug-likeness (QED) is 0.639. The van der Waals surface area contributed by atoms with Gasteiger partial charge in [0, 0.05) is 12.8 Å². The van der Waals surface area contributed by atoms with Crippen LogP contribution in [0.3, 0.4) is 0 Å². The summed E-state index contributed by atoms with van der Waals surface area (Å²) in [6.45, 7) is 0.734. The highest BCUT2D eigenvalue weighted by molar-refractivity contribution is 5.85. The van der Waals surface area contributed by atoms with Crippen LogP contribution < -0.4 is 5.73 Å². The standard InChI is InChI=1S/C17H19N/c18-14-7-3-1-2-4-9-15-11-8-12-16-10-5-6-13-17(15)16/h5-6,8,10-13H,3-4,7,9,14,18H2. The van der Waals surface area contributed by atoms with Crippen molar-refractivity contribution in [1.82, 2.24) is 0 Å². The molecule has 0 radical (unpaired) electrons. The zero-order valence-corrected chi connectivity index (χ0v) is 10.7. The van der Waals surface area contributed by atoms with Gasteiger partial charge in [-0.25, -0.2) is 0 Å². The van der Waals surface area contributed by atoms with Gasteiger partial charge in [-0.2, -0.15) is 0 Å². The number of benzene rings is 2. The number of hydrogen-bond acceptors (Lipinski definition) is 1. The molecule has 0 aliphatic rings. The van der Waals surface area contributed by atoms with Crippen molar-refractivity contribution in [2.45, 2.75) is 25.7 Å². The molecule has 0 saturated carbocycles. The lowest BCUT2D eigenvalue weighted by Crippen LogP contribution is -1.96. The van der Waals surface area contributed by atoms with Gasteiger partial charge in [-0.3, -0.25) is 0 Å². The number of rotatable bonds is 4. The first-order valence-electron chi connectivity index (χ1n) is 6.54. The van der Waals surface area contributed by atoms with E-state index in [0.29, 0.717) is 0 Å². The van der Waals surface area contributed by atoms with Gasteiger partial charge in [-0.15, -0.1) is 11.8 Å². The third-order valence-corrected chi connectivity index (χ3v) is 3.03. The Hall–Kier alpha value is -1.78. The highest BCUT2D eigenvalue weighted by atomic mass is 14.5. The molecule has 0 saturated heterocycles. The van der Waals surface area contributed by atoms with Crippen LogP contribution in [0.1, 0.15) is 24.8 Å². The van der Waals surface area contributed by atoms with Gasteiger partial charge in [0.1, 0.15) is 0 Å². The Bertz CT molecular complexity index is 555. The first-order valence-corrected chi connectivity index (χ1v) is 6.54. The van der Waals surface area contributed by atoms with Gasteiger partial charge in [0.05, 0.1) is 0 Å². The summed E-state index contributed by atoms with van der Waals surface area (Å²) in [5, 5.41) is 2.66. The van der Waals surface area contributed by atoms with Gasteiger partial charge in [-0.1, -0.05) is 42.5 Å². The minimum atomic E-state index is 0.734. The van der Waals surface area contributed by atoms with Crippen LogP contribution in [0.4, 0.5) is 0 Å². The molecule has 2 aromatic rings. The van der Waals surface area contributed by atoms with Crippen molar-refractivity contribution < 1.29 is 0 Å². The molecule has 92 valence electrons. The minimum absolute atomic E-state index is 0.734. The van der Waals surface area contributed by atoms with E-state index < -0.39 is 0 Å². The zero-order valence-electron chi connectivity index (χ0n) is 10.7. The predicted molar refractivity (Wildman–Crippen MR) is 78.3 cm³/mol. The fourth-order valence-electron chi connectivity index (χ4n) is 2.07. The van der Waals surface area contributed by atoms with Crippen molar-refractivity contribution in [2.24, 2.45) is 5.73 Å². The number of fused-ring (bicyclic) bond motifs is 1.